The number of nitrogens with zero attached hydrogens (tertiary/aromatic N) is 4. The van der Waals surface area contributed by atoms with E-state index in [4.69, 9.17) is 0 Å². The first kappa shape index (κ1) is 18.7. The van der Waals surface area contributed by atoms with Crippen LogP contribution in [0.15, 0.2) is 11.2 Å². The minimum Gasteiger partial charge on any atom is -0.339 e. The molecule has 0 aliphatic carbocycles. The van der Waals surface area contributed by atoms with Crippen LogP contribution in [0, 0.1) is 19.3 Å². The monoisotopic (exact) mass is 350 g/mol. The minimum atomic E-state index is -0.373. The van der Waals surface area contributed by atoms with Crippen molar-refractivity contribution in [1.82, 2.24) is 19.8 Å². The van der Waals surface area contributed by atoms with Gasteiger partial charge in [-0.1, -0.05) is 32.5 Å². The molecule has 0 spiro atoms. The van der Waals surface area contributed by atoms with Crippen LogP contribution < -0.4 is 0 Å². The van der Waals surface area contributed by atoms with Crippen LogP contribution in [0.1, 0.15) is 32.2 Å². The number of rotatable bonds is 3. The van der Waals surface area contributed by atoms with Crippen LogP contribution in [0.2, 0.25) is 0 Å². The zero-order valence-electron chi connectivity index (χ0n) is 15.1. The van der Waals surface area contributed by atoms with E-state index in [9.17, 15) is 9.59 Å². The van der Waals surface area contributed by atoms with Crippen molar-refractivity contribution in [1.29, 1.82) is 0 Å². The number of hydrogen-bond acceptors (Lipinski definition) is 5. The Morgan fingerprint density at radius 3 is 2.04 bits per heavy atom. The topological polar surface area (TPSA) is 66.4 Å². The lowest BCUT2D eigenvalue weighted by molar-refractivity contribution is -0.144. The number of piperazine rings is 1. The van der Waals surface area contributed by atoms with E-state index in [-0.39, 0.29) is 17.2 Å². The lowest BCUT2D eigenvalue weighted by Crippen LogP contribution is -2.53. The van der Waals surface area contributed by atoms with Gasteiger partial charge in [0.25, 0.3) is 0 Å². The Hall–Kier alpha value is -1.63. The highest BCUT2D eigenvalue weighted by Gasteiger charge is 2.30. The van der Waals surface area contributed by atoms with Gasteiger partial charge >= 0.3 is 0 Å². The summed E-state index contributed by atoms with van der Waals surface area (Å²) in [6, 6.07) is 1.91. The van der Waals surface area contributed by atoms with Gasteiger partial charge in [0.05, 0.1) is 5.75 Å². The molecule has 1 fully saturated rings. The normalized spacial score (nSPS) is 15.5. The molecule has 0 atom stereocenters. The Balaban J connectivity index is 1.84. The first-order valence-electron chi connectivity index (χ1n) is 8.19. The molecule has 1 aromatic heterocycles. The van der Waals surface area contributed by atoms with E-state index >= 15 is 0 Å². The highest BCUT2D eigenvalue weighted by Crippen LogP contribution is 2.19. The largest absolute Gasteiger partial charge is 0.339 e. The Labute approximate surface area is 148 Å². The van der Waals surface area contributed by atoms with Gasteiger partial charge in [-0.05, 0) is 19.9 Å². The van der Waals surface area contributed by atoms with Gasteiger partial charge in [0.2, 0.25) is 11.8 Å². The van der Waals surface area contributed by atoms with E-state index in [1.54, 1.807) is 0 Å². The fourth-order valence-corrected chi connectivity index (χ4v) is 3.46. The summed E-state index contributed by atoms with van der Waals surface area (Å²) in [5.74, 6) is 0.550. The van der Waals surface area contributed by atoms with Gasteiger partial charge < -0.3 is 9.80 Å². The molecule has 7 heteroatoms. The molecule has 1 aromatic rings. The third kappa shape index (κ3) is 4.93. The first-order chi connectivity index (χ1) is 11.2. The van der Waals surface area contributed by atoms with Gasteiger partial charge in [-0.15, -0.1) is 0 Å². The standard InChI is InChI=1S/C17H26N4O2S/c1-12-10-13(2)19-16(18-12)24-11-14(22)20-6-8-21(9-7-20)15(23)17(3,4)5/h10H,6-9,11H2,1-5H3. The van der Waals surface area contributed by atoms with Crippen LogP contribution in [-0.4, -0.2) is 63.5 Å². The number of aryl methyl sites for hydroxylation is 2. The lowest BCUT2D eigenvalue weighted by Gasteiger charge is -2.37. The number of carbonyl (C=O) groups excluding carboxylic acids is 2. The fraction of sp³-hybridized carbons (Fsp3) is 0.647. The van der Waals surface area contributed by atoms with Crippen molar-refractivity contribution >= 4 is 23.6 Å². The van der Waals surface area contributed by atoms with Crippen LogP contribution >= 0.6 is 11.8 Å². The Morgan fingerprint density at radius 2 is 1.54 bits per heavy atom. The lowest BCUT2D eigenvalue weighted by atomic mass is 9.94. The zero-order valence-corrected chi connectivity index (χ0v) is 15.9. The first-order valence-corrected chi connectivity index (χ1v) is 9.17. The molecule has 2 amide bonds. The van der Waals surface area contributed by atoms with Crippen molar-refractivity contribution in [2.24, 2.45) is 5.41 Å². The van der Waals surface area contributed by atoms with Gasteiger partial charge in [0.15, 0.2) is 5.16 Å². The van der Waals surface area contributed by atoms with E-state index in [2.05, 4.69) is 9.97 Å². The Bertz CT molecular complexity index is 599. The number of aromatic nitrogens is 2. The molecule has 0 aromatic carbocycles. The smallest absolute Gasteiger partial charge is 0.233 e. The molecule has 132 valence electrons. The van der Waals surface area contributed by atoms with Gasteiger partial charge in [-0.2, -0.15) is 0 Å². The van der Waals surface area contributed by atoms with Crippen LogP contribution in [-0.2, 0) is 9.59 Å². The van der Waals surface area contributed by atoms with E-state index in [0.29, 0.717) is 37.1 Å². The van der Waals surface area contributed by atoms with Crippen LogP contribution in [0.25, 0.3) is 0 Å². The maximum Gasteiger partial charge on any atom is 0.233 e. The molecular formula is C17H26N4O2S. The molecule has 0 saturated carbocycles. The molecule has 2 heterocycles. The van der Waals surface area contributed by atoms with Crippen molar-refractivity contribution in [2.45, 2.75) is 39.8 Å². The van der Waals surface area contributed by atoms with Gasteiger partial charge in [-0.3, -0.25) is 9.59 Å². The minimum absolute atomic E-state index is 0.0746. The zero-order chi connectivity index (χ0) is 17.9. The molecule has 0 unspecified atom stereocenters. The SMILES string of the molecule is Cc1cc(C)nc(SCC(=O)N2CCN(C(=O)C(C)(C)C)CC2)n1. The van der Waals surface area contributed by atoms with E-state index in [1.165, 1.54) is 11.8 Å². The summed E-state index contributed by atoms with van der Waals surface area (Å²) in [6.07, 6.45) is 0. The third-order valence-corrected chi connectivity index (χ3v) is 4.68. The average Bonchev–Trinajstić information content (AvgIpc) is 2.50. The van der Waals surface area contributed by atoms with Gasteiger partial charge in [0, 0.05) is 43.0 Å². The van der Waals surface area contributed by atoms with Crippen LogP contribution in [0.5, 0.6) is 0 Å². The molecular weight excluding hydrogens is 324 g/mol. The van der Waals surface area contributed by atoms with Gasteiger partial charge in [0.1, 0.15) is 0 Å². The maximum atomic E-state index is 12.4. The number of amides is 2. The summed E-state index contributed by atoms with van der Waals surface area (Å²) in [7, 11) is 0. The summed E-state index contributed by atoms with van der Waals surface area (Å²) >= 11 is 1.37. The molecule has 6 nitrogen and oxygen atoms in total. The number of carbonyl (C=O) groups is 2. The molecule has 0 N–H and O–H groups in total. The fourth-order valence-electron chi connectivity index (χ4n) is 2.61. The van der Waals surface area contributed by atoms with E-state index < -0.39 is 0 Å². The molecule has 2 rings (SSSR count). The predicted molar refractivity (Wildman–Crippen MR) is 94.8 cm³/mol. The second-order valence-electron chi connectivity index (χ2n) is 7.14. The number of hydrogen-bond donors (Lipinski definition) is 0. The van der Waals surface area contributed by atoms with Crippen molar-refractivity contribution in [3.63, 3.8) is 0 Å². The maximum absolute atomic E-state index is 12.4. The Kier molecular flexibility index (Phi) is 5.85. The van der Waals surface area contributed by atoms with Crippen LogP contribution in [0.3, 0.4) is 0 Å². The second kappa shape index (κ2) is 7.51. The summed E-state index contributed by atoms with van der Waals surface area (Å²) in [5.41, 5.74) is 1.45. The molecule has 1 saturated heterocycles. The van der Waals surface area contributed by atoms with Crippen molar-refractivity contribution in [3.8, 4) is 0 Å². The van der Waals surface area contributed by atoms with Crippen LogP contribution in [0.4, 0.5) is 0 Å². The predicted octanol–water partition coefficient (Wildman–Crippen LogP) is 1.90. The molecule has 24 heavy (non-hydrogen) atoms. The van der Waals surface area contributed by atoms with E-state index in [0.717, 1.165) is 11.4 Å². The molecule has 0 bridgehead atoms. The van der Waals surface area contributed by atoms with E-state index in [1.807, 2.05) is 50.5 Å². The van der Waals surface area contributed by atoms with Gasteiger partial charge in [-0.25, -0.2) is 9.97 Å². The molecule has 1 aliphatic heterocycles. The summed E-state index contributed by atoms with van der Waals surface area (Å²) in [4.78, 5) is 37.0. The van der Waals surface area contributed by atoms with Crippen molar-refractivity contribution in [3.05, 3.63) is 17.5 Å². The highest BCUT2D eigenvalue weighted by molar-refractivity contribution is 7.99. The second-order valence-corrected chi connectivity index (χ2v) is 8.09. The molecule has 1 aliphatic rings. The Morgan fingerprint density at radius 1 is 1.04 bits per heavy atom. The third-order valence-electron chi connectivity index (χ3n) is 3.85. The van der Waals surface area contributed by atoms with Crippen molar-refractivity contribution < 1.29 is 9.59 Å². The summed E-state index contributed by atoms with van der Waals surface area (Å²) in [5, 5.41) is 0.641. The van der Waals surface area contributed by atoms with Crippen molar-refractivity contribution in [2.75, 3.05) is 31.9 Å². The summed E-state index contributed by atoms with van der Waals surface area (Å²) in [6.45, 7) is 12.0. The highest BCUT2D eigenvalue weighted by atomic mass is 32.2. The number of thioether (sulfide) groups is 1. The summed E-state index contributed by atoms with van der Waals surface area (Å²) < 4.78 is 0. The quantitative estimate of drug-likeness (QED) is 0.615. The average molecular weight is 350 g/mol. The molecule has 0 radical (unpaired) electrons.